The lowest BCUT2D eigenvalue weighted by Crippen LogP contribution is -2.40. The molecule has 1 aromatic carbocycles. The molecule has 0 saturated heterocycles. The van der Waals surface area contributed by atoms with Crippen LogP contribution in [0.4, 0.5) is 0 Å². The molecule has 2 aromatic rings. The molecule has 0 aliphatic heterocycles. The van der Waals surface area contributed by atoms with Gasteiger partial charge in [-0.25, -0.2) is 0 Å². The summed E-state index contributed by atoms with van der Waals surface area (Å²) in [5.41, 5.74) is 5.39. The van der Waals surface area contributed by atoms with Crippen molar-refractivity contribution in [3.8, 4) is 0 Å². The number of carbonyl (C=O) groups is 2. The second-order valence-corrected chi connectivity index (χ2v) is 4.81. The van der Waals surface area contributed by atoms with Crippen molar-refractivity contribution in [3.05, 3.63) is 63.9 Å². The molecule has 2 amide bonds. The number of amides is 2. The molecule has 1 heterocycles. The van der Waals surface area contributed by atoms with Gasteiger partial charge in [-0.1, -0.05) is 29.3 Å². The fraction of sp³-hybridized carbons (Fsp3) is 0. The first-order valence-electron chi connectivity index (χ1n) is 5.93. The minimum atomic E-state index is -0.508. The molecule has 0 radical (unpaired) electrons. The molecule has 1 aromatic heterocycles. The minimum absolute atomic E-state index is 0.341. The van der Waals surface area contributed by atoms with E-state index in [-0.39, 0.29) is 0 Å². The van der Waals surface area contributed by atoms with Gasteiger partial charge in [0.05, 0.1) is 0 Å². The average molecular weight is 324 g/mol. The lowest BCUT2D eigenvalue weighted by molar-refractivity contribution is -0.117. The van der Waals surface area contributed by atoms with Gasteiger partial charge >= 0.3 is 0 Å². The van der Waals surface area contributed by atoms with Gasteiger partial charge in [-0.3, -0.25) is 20.4 Å². The van der Waals surface area contributed by atoms with E-state index in [1.807, 2.05) is 0 Å². The van der Waals surface area contributed by atoms with Crippen molar-refractivity contribution in [2.45, 2.75) is 0 Å². The Balaban J connectivity index is 1.93. The van der Waals surface area contributed by atoms with E-state index in [0.717, 1.165) is 0 Å². The Labute approximate surface area is 130 Å². The Hall–Kier alpha value is -2.24. The third kappa shape index (κ3) is 4.11. The van der Waals surface area contributed by atoms with Crippen LogP contribution in [-0.4, -0.2) is 16.8 Å². The van der Waals surface area contributed by atoms with Gasteiger partial charge in [0.25, 0.3) is 11.8 Å². The van der Waals surface area contributed by atoms with E-state index >= 15 is 0 Å². The van der Waals surface area contributed by atoms with Crippen LogP contribution in [0.2, 0.25) is 10.0 Å². The zero-order valence-corrected chi connectivity index (χ0v) is 12.2. The van der Waals surface area contributed by atoms with Crippen molar-refractivity contribution in [1.82, 2.24) is 15.8 Å². The van der Waals surface area contributed by atoms with E-state index in [1.54, 1.807) is 36.5 Å². The predicted molar refractivity (Wildman–Crippen MR) is 81.9 cm³/mol. The monoisotopic (exact) mass is 323 g/mol. The molecule has 0 saturated carbocycles. The Morgan fingerprint density at radius 2 is 1.76 bits per heavy atom. The summed E-state index contributed by atoms with van der Waals surface area (Å²) in [5, 5.41) is 0.865. The van der Waals surface area contributed by atoms with Gasteiger partial charge in [0.15, 0.2) is 0 Å². The van der Waals surface area contributed by atoms with Gasteiger partial charge in [0.2, 0.25) is 0 Å². The number of hydrogen-bond acceptors (Lipinski definition) is 2. The number of hydrazine groups is 1. The van der Waals surface area contributed by atoms with Crippen molar-refractivity contribution in [3.63, 3.8) is 0 Å². The number of aromatic amines is 1. The van der Waals surface area contributed by atoms with E-state index < -0.39 is 11.8 Å². The van der Waals surface area contributed by atoms with Crippen LogP contribution in [0, 0.1) is 0 Å². The predicted octanol–water partition coefficient (Wildman–Crippen LogP) is 2.80. The highest BCUT2D eigenvalue weighted by Gasteiger charge is 2.06. The van der Waals surface area contributed by atoms with Crippen LogP contribution in [0.15, 0.2) is 42.6 Å². The van der Waals surface area contributed by atoms with Crippen LogP contribution in [-0.2, 0) is 4.79 Å². The van der Waals surface area contributed by atoms with Gasteiger partial charge in [0, 0.05) is 27.9 Å². The highest BCUT2D eigenvalue weighted by atomic mass is 35.5. The molecular weight excluding hydrogens is 313 g/mol. The van der Waals surface area contributed by atoms with Crippen molar-refractivity contribution < 1.29 is 9.59 Å². The van der Waals surface area contributed by atoms with Gasteiger partial charge < -0.3 is 4.98 Å². The van der Waals surface area contributed by atoms with E-state index in [1.165, 1.54) is 12.2 Å². The zero-order chi connectivity index (χ0) is 15.2. The summed E-state index contributed by atoms with van der Waals surface area (Å²) in [6, 6.07) is 8.30. The van der Waals surface area contributed by atoms with Crippen LogP contribution in [0.25, 0.3) is 6.08 Å². The normalized spacial score (nSPS) is 10.6. The van der Waals surface area contributed by atoms with Crippen LogP contribution >= 0.6 is 23.2 Å². The number of halogens is 2. The Morgan fingerprint density at radius 3 is 2.38 bits per heavy atom. The van der Waals surface area contributed by atoms with Crippen LogP contribution in [0.3, 0.4) is 0 Å². The van der Waals surface area contributed by atoms with Gasteiger partial charge in [-0.2, -0.15) is 0 Å². The maximum atomic E-state index is 11.6. The van der Waals surface area contributed by atoms with Crippen LogP contribution in [0.5, 0.6) is 0 Å². The van der Waals surface area contributed by atoms with Gasteiger partial charge in [0.1, 0.15) is 5.69 Å². The number of H-pyrrole nitrogens is 1. The SMILES string of the molecule is O=C(/C=C/c1c(Cl)cccc1Cl)NNC(=O)c1ccc[nH]1. The first kappa shape index (κ1) is 15.2. The maximum Gasteiger partial charge on any atom is 0.286 e. The summed E-state index contributed by atoms with van der Waals surface area (Å²) in [4.78, 5) is 25.9. The van der Waals surface area contributed by atoms with Gasteiger partial charge in [-0.05, 0) is 30.3 Å². The molecule has 5 nitrogen and oxygen atoms in total. The topological polar surface area (TPSA) is 74.0 Å². The van der Waals surface area contributed by atoms with E-state index in [0.29, 0.717) is 21.3 Å². The van der Waals surface area contributed by atoms with Crippen molar-refractivity contribution in [2.75, 3.05) is 0 Å². The molecular formula is C14H11Cl2N3O2. The highest BCUT2D eigenvalue weighted by Crippen LogP contribution is 2.25. The standard InChI is InChI=1S/C14H11Cl2N3O2/c15-10-3-1-4-11(16)9(10)6-7-13(20)18-19-14(21)12-5-2-8-17-12/h1-8,17H,(H,18,20)(H,19,21)/b7-6+. The fourth-order valence-electron chi connectivity index (χ4n) is 1.53. The summed E-state index contributed by atoms with van der Waals surface area (Å²) in [6.45, 7) is 0. The smallest absolute Gasteiger partial charge is 0.286 e. The number of aromatic nitrogens is 1. The number of hydrogen-bond donors (Lipinski definition) is 3. The largest absolute Gasteiger partial charge is 0.357 e. The molecule has 7 heteroatoms. The molecule has 0 atom stereocenters. The summed E-state index contributed by atoms with van der Waals surface area (Å²) in [6.07, 6.45) is 4.30. The van der Waals surface area contributed by atoms with Crippen molar-refractivity contribution >= 4 is 41.1 Å². The highest BCUT2D eigenvalue weighted by molar-refractivity contribution is 6.37. The van der Waals surface area contributed by atoms with Gasteiger partial charge in [-0.15, -0.1) is 0 Å². The van der Waals surface area contributed by atoms with Crippen molar-refractivity contribution in [1.29, 1.82) is 0 Å². The molecule has 0 spiro atoms. The quantitative estimate of drug-likeness (QED) is 0.600. The Bertz CT molecular complexity index is 661. The second kappa shape index (κ2) is 6.97. The molecule has 3 N–H and O–H groups in total. The molecule has 0 unspecified atom stereocenters. The molecule has 21 heavy (non-hydrogen) atoms. The number of benzene rings is 1. The van der Waals surface area contributed by atoms with E-state index in [2.05, 4.69) is 15.8 Å². The Kier molecular flexibility index (Phi) is 5.03. The molecule has 0 aliphatic carbocycles. The molecule has 0 aliphatic rings. The lowest BCUT2D eigenvalue weighted by atomic mass is 10.2. The van der Waals surface area contributed by atoms with Crippen LogP contribution < -0.4 is 10.9 Å². The third-order valence-electron chi connectivity index (χ3n) is 2.54. The fourth-order valence-corrected chi connectivity index (χ4v) is 2.05. The minimum Gasteiger partial charge on any atom is -0.357 e. The van der Waals surface area contributed by atoms with Crippen molar-refractivity contribution in [2.24, 2.45) is 0 Å². The summed E-state index contributed by atoms with van der Waals surface area (Å²) >= 11 is 11.9. The molecule has 108 valence electrons. The number of nitrogens with one attached hydrogen (secondary N) is 3. The molecule has 0 fully saturated rings. The zero-order valence-electron chi connectivity index (χ0n) is 10.7. The number of rotatable bonds is 3. The van der Waals surface area contributed by atoms with E-state index in [4.69, 9.17) is 23.2 Å². The Morgan fingerprint density at radius 1 is 1.05 bits per heavy atom. The summed E-state index contributed by atoms with van der Waals surface area (Å²) < 4.78 is 0. The van der Waals surface area contributed by atoms with Crippen LogP contribution in [0.1, 0.15) is 16.1 Å². The summed E-state index contributed by atoms with van der Waals surface area (Å²) in [7, 11) is 0. The first-order chi connectivity index (χ1) is 10.1. The molecule has 0 bridgehead atoms. The third-order valence-corrected chi connectivity index (χ3v) is 3.20. The summed E-state index contributed by atoms with van der Waals surface area (Å²) in [5.74, 6) is -0.955. The lowest BCUT2D eigenvalue weighted by Gasteiger charge is -2.04. The second-order valence-electron chi connectivity index (χ2n) is 4.00. The molecule has 2 rings (SSSR count). The number of carbonyl (C=O) groups excluding carboxylic acids is 2. The van der Waals surface area contributed by atoms with E-state index in [9.17, 15) is 9.59 Å². The maximum absolute atomic E-state index is 11.6. The first-order valence-corrected chi connectivity index (χ1v) is 6.69. The average Bonchev–Trinajstić information content (AvgIpc) is 2.98.